The molecule has 0 atom stereocenters. The monoisotopic (exact) mass is 441 g/mol. The Morgan fingerprint density at radius 2 is 1.97 bits per heavy atom. The van der Waals surface area contributed by atoms with Gasteiger partial charge in [0.2, 0.25) is 0 Å². The lowest BCUT2D eigenvalue weighted by atomic mass is 10.1. The summed E-state index contributed by atoms with van der Waals surface area (Å²) in [5, 5.41) is 4.48. The predicted octanol–water partition coefficient (Wildman–Crippen LogP) is 2.26. The molecule has 7 nitrogen and oxygen atoms in total. The van der Waals surface area contributed by atoms with Gasteiger partial charge in [0.15, 0.2) is 6.54 Å². The van der Waals surface area contributed by atoms with E-state index >= 15 is 0 Å². The number of piperazine rings is 1. The Hall–Kier alpha value is -3.03. The van der Waals surface area contributed by atoms with Gasteiger partial charge in [-0.05, 0) is 37.3 Å². The van der Waals surface area contributed by atoms with Crippen LogP contribution in [0.1, 0.15) is 16.1 Å². The Balaban J connectivity index is 1.43. The van der Waals surface area contributed by atoms with Gasteiger partial charge >= 0.3 is 5.97 Å². The molecule has 1 fully saturated rings. The second-order valence-electron chi connectivity index (χ2n) is 7.86. The van der Waals surface area contributed by atoms with Gasteiger partial charge in [0.05, 0.1) is 39.0 Å². The molecule has 3 aromatic rings. The van der Waals surface area contributed by atoms with Gasteiger partial charge in [0.25, 0.3) is 5.91 Å². The van der Waals surface area contributed by atoms with Gasteiger partial charge in [0.1, 0.15) is 5.69 Å². The third kappa shape index (κ3) is 4.68. The number of amides is 1. The average Bonchev–Trinajstić information content (AvgIpc) is 3.11. The lowest BCUT2D eigenvalue weighted by Gasteiger charge is -2.33. The van der Waals surface area contributed by atoms with Gasteiger partial charge < -0.3 is 24.8 Å². The van der Waals surface area contributed by atoms with E-state index in [2.05, 4.69) is 21.3 Å². The number of hydrogen-bond donors (Lipinski definition) is 3. The van der Waals surface area contributed by atoms with Crippen LogP contribution in [0.5, 0.6) is 0 Å². The second-order valence-corrected chi connectivity index (χ2v) is 8.29. The van der Waals surface area contributed by atoms with Crippen molar-refractivity contribution in [1.82, 2.24) is 4.98 Å². The number of halogens is 1. The van der Waals surface area contributed by atoms with Gasteiger partial charge in [-0.2, -0.15) is 0 Å². The van der Waals surface area contributed by atoms with E-state index in [1.54, 1.807) is 0 Å². The fraction of sp³-hybridized carbons (Fsp3) is 0.304. The molecule has 31 heavy (non-hydrogen) atoms. The predicted molar refractivity (Wildman–Crippen MR) is 122 cm³/mol. The Kier molecular flexibility index (Phi) is 6.15. The van der Waals surface area contributed by atoms with Crippen LogP contribution in [0.2, 0.25) is 5.02 Å². The molecule has 1 aromatic heterocycles. The molecule has 1 aliphatic rings. The van der Waals surface area contributed by atoms with Crippen LogP contribution < -0.4 is 15.1 Å². The van der Waals surface area contributed by atoms with Crippen LogP contribution in [0.3, 0.4) is 0 Å². The summed E-state index contributed by atoms with van der Waals surface area (Å²) in [4.78, 5) is 31.6. The van der Waals surface area contributed by atoms with Gasteiger partial charge in [0, 0.05) is 21.6 Å². The Morgan fingerprint density at radius 1 is 1.19 bits per heavy atom. The number of hydrogen-bond acceptors (Lipinski definition) is 4. The van der Waals surface area contributed by atoms with Crippen LogP contribution in [0.4, 0.5) is 11.4 Å². The van der Waals surface area contributed by atoms with E-state index in [4.69, 9.17) is 16.3 Å². The zero-order chi connectivity index (χ0) is 22.0. The summed E-state index contributed by atoms with van der Waals surface area (Å²) in [5.41, 5.74) is 3.67. The molecule has 0 spiro atoms. The molecular weight excluding hydrogens is 416 g/mol. The van der Waals surface area contributed by atoms with Crippen LogP contribution in [-0.2, 0) is 9.53 Å². The minimum atomic E-state index is -0.508. The molecule has 3 N–H and O–H groups in total. The van der Waals surface area contributed by atoms with E-state index in [1.165, 1.54) is 12.0 Å². The molecule has 8 heteroatoms. The molecule has 2 heterocycles. The largest absolute Gasteiger partial charge is 0.464 e. The van der Waals surface area contributed by atoms with E-state index < -0.39 is 5.97 Å². The molecule has 162 valence electrons. The standard InChI is InChI=1S/C23H25ClN4O3/c1-15-6-7-19-18(12-15)21(22(25-19)23(30)31-2)26-20(29)14-27-8-10-28(11-9-27)17-5-3-4-16(24)13-17/h3-7,12-13,25H,8-11,14H2,1-2H3,(H,26,29)/p+1. The van der Waals surface area contributed by atoms with Crippen LogP contribution in [0.15, 0.2) is 42.5 Å². The summed E-state index contributed by atoms with van der Waals surface area (Å²) in [6.07, 6.45) is 0. The highest BCUT2D eigenvalue weighted by Gasteiger charge is 2.25. The SMILES string of the molecule is COC(=O)c1[nH]c2ccc(C)cc2c1NC(=O)C[NH+]1CCN(c2cccc(Cl)c2)CC1. The number of methoxy groups -OCH3 is 1. The number of H-pyrrole nitrogens is 1. The minimum absolute atomic E-state index is 0.126. The van der Waals surface area contributed by atoms with Gasteiger partial charge in [-0.25, -0.2) is 4.79 Å². The van der Waals surface area contributed by atoms with Crippen molar-refractivity contribution in [2.75, 3.05) is 50.1 Å². The molecule has 1 amide bonds. The summed E-state index contributed by atoms with van der Waals surface area (Å²) in [7, 11) is 1.33. The van der Waals surface area contributed by atoms with E-state index in [1.807, 2.05) is 43.3 Å². The zero-order valence-electron chi connectivity index (χ0n) is 17.6. The lowest BCUT2D eigenvalue weighted by molar-refractivity contribution is -0.892. The number of aromatic amines is 1. The van der Waals surface area contributed by atoms with E-state index in [0.717, 1.165) is 53.4 Å². The van der Waals surface area contributed by atoms with Crippen molar-refractivity contribution >= 4 is 45.8 Å². The smallest absolute Gasteiger partial charge is 0.356 e. The summed E-state index contributed by atoms with van der Waals surface area (Å²) in [5.74, 6) is -0.634. The quantitative estimate of drug-likeness (QED) is 0.531. The number of anilines is 2. The van der Waals surface area contributed by atoms with Crippen molar-refractivity contribution in [3.05, 3.63) is 58.7 Å². The maximum atomic E-state index is 12.8. The fourth-order valence-corrected chi connectivity index (χ4v) is 4.22. The Bertz CT molecular complexity index is 1120. The number of esters is 1. The van der Waals surface area contributed by atoms with Gasteiger partial charge in [-0.1, -0.05) is 29.3 Å². The number of nitrogens with one attached hydrogen (secondary N) is 3. The van der Waals surface area contributed by atoms with Crippen molar-refractivity contribution in [2.45, 2.75) is 6.92 Å². The van der Waals surface area contributed by atoms with Crippen LogP contribution >= 0.6 is 11.6 Å². The molecule has 0 bridgehead atoms. The first kappa shape index (κ1) is 21.2. The van der Waals surface area contributed by atoms with Crippen molar-refractivity contribution in [3.8, 4) is 0 Å². The summed E-state index contributed by atoms with van der Waals surface area (Å²) >= 11 is 6.11. The van der Waals surface area contributed by atoms with E-state index in [-0.39, 0.29) is 11.6 Å². The zero-order valence-corrected chi connectivity index (χ0v) is 18.4. The number of aryl methyl sites for hydroxylation is 1. The van der Waals surface area contributed by atoms with Crippen molar-refractivity contribution in [2.24, 2.45) is 0 Å². The number of rotatable bonds is 5. The average molecular weight is 442 g/mol. The number of benzene rings is 2. The molecule has 4 rings (SSSR count). The number of fused-ring (bicyclic) bond motifs is 1. The number of aromatic nitrogens is 1. The highest BCUT2D eigenvalue weighted by atomic mass is 35.5. The molecule has 0 aliphatic carbocycles. The molecule has 0 saturated carbocycles. The molecule has 0 unspecified atom stereocenters. The molecule has 2 aromatic carbocycles. The highest BCUT2D eigenvalue weighted by molar-refractivity contribution is 6.30. The highest BCUT2D eigenvalue weighted by Crippen LogP contribution is 2.29. The lowest BCUT2D eigenvalue weighted by Crippen LogP contribution is -3.15. The van der Waals surface area contributed by atoms with Crippen molar-refractivity contribution < 1.29 is 19.2 Å². The first-order valence-electron chi connectivity index (χ1n) is 10.3. The normalized spacial score (nSPS) is 14.6. The topological polar surface area (TPSA) is 78.9 Å². The molecule has 0 radical (unpaired) electrons. The van der Waals surface area contributed by atoms with Crippen molar-refractivity contribution in [1.29, 1.82) is 0 Å². The Labute approximate surface area is 185 Å². The number of quaternary nitrogens is 1. The first-order valence-corrected chi connectivity index (χ1v) is 10.7. The fourth-order valence-electron chi connectivity index (χ4n) is 4.03. The molecule has 1 saturated heterocycles. The maximum absolute atomic E-state index is 12.8. The summed E-state index contributed by atoms with van der Waals surface area (Å²) in [6.45, 7) is 5.70. The number of carbonyl (C=O) groups is 2. The number of ether oxygens (including phenoxy) is 1. The van der Waals surface area contributed by atoms with Gasteiger partial charge in [-0.15, -0.1) is 0 Å². The van der Waals surface area contributed by atoms with Crippen LogP contribution in [0, 0.1) is 6.92 Å². The third-order valence-corrected chi connectivity index (χ3v) is 5.90. The van der Waals surface area contributed by atoms with E-state index in [9.17, 15) is 9.59 Å². The maximum Gasteiger partial charge on any atom is 0.356 e. The second kappa shape index (κ2) is 8.99. The molecular formula is C23H26ClN4O3+. The number of carbonyl (C=O) groups excluding carboxylic acids is 2. The molecule has 1 aliphatic heterocycles. The minimum Gasteiger partial charge on any atom is -0.464 e. The van der Waals surface area contributed by atoms with Crippen LogP contribution in [0.25, 0.3) is 10.9 Å². The Morgan fingerprint density at radius 3 is 2.68 bits per heavy atom. The third-order valence-electron chi connectivity index (χ3n) is 5.66. The number of nitrogens with zero attached hydrogens (tertiary/aromatic N) is 1. The summed E-state index contributed by atoms with van der Waals surface area (Å²) in [6, 6.07) is 13.6. The van der Waals surface area contributed by atoms with Crippen LogP contribution in [-0.4, -0.2) is 56.7 Å². The van der Waals surface area contributed by atoms with E-state index in [0.29, 0.717) is 12.2 Å². The van der Waals surface area contributed by atoms with Crippen molar-refractivity contribution in [3.63, 3.8) is 0 Å². The first-order chi connectivity index (χ1) is 14.9. The van der Waals surface area contributed by atoms with Gasteiger partial charge in [-0.3, -0.25) is 4.79 Å². The summed E-state index contributed by atoms with van der Waals surface area (Å²) < 4.78 is 4.89.